The molecule has 0 unspecified atom stereocenters. The normalized spacial score (nSPS) is 18.0. The third kappa shape index (κ3) is 2.58. The summed E-state index contributed by atoms with van der Waals surface area (Å²) >= 11 is 0. The number of anilines is 1. The number of amides is 1. The number of aromatic nitrogens is 3. The molecule has 2 aromatic heterocycles. The first-order valence-corrected chi connectivity index (χ1v) is 6.92. The van der Waals surface area contributed by atoms with Crippen LogP contribution in [-0.2, 0) is 0 Å². The number of rotatable bonds is 3. The molecular formula is C14H17N5O2. The first-order chi connectivity index (χ1) is 10.2. The molecule has 1 N–H and O–H groups in total. The number of nitrogens with one attached hydrogen (secondary N) is 1. The summed E-state index contributed by atoms with van der Waals surface area (Å²) in [4.78, 5) is 26.8. The molecule has 7 heteroatoms. The Morgan fingerprint density at radius 3 is 3.05 bits per heavy atom. The summed E-state index contributed by atoms with van der Waals surface area (Å²) in [5, 5.41) is 3.02. The quantitative estimate of drug-likeness (QED) is 0.926. The van der Waals surface area contributed by atoms with E-state index in [1.807, 2.05) is 20.0 Å². The number of aryl methyl sites for hydroxylation is 1. The maximum absolute atomic E-state index is 12.5. The van der Waals surface area contributed by atoms with Crippen LogP contribution in [0.3, 0.4) is 0 Å². The second-order valence-corrected chi connectivity index (χ2v) is 5.00. The number of oxazole rings is 1. The van der Waals surface area contributed by atoms with Crippen LogP contribution in [0.4, 0.5) is 5.82 Å². The van der Waals surface area contributed by atoms with Crippen molar-refractivity contribution in [3.05, 3.63) is 35.9 Å². The summed E-state index contributed by atoms with van der Waals surface area (Å²) in [5.41, 5.74) is 0.859. The molecule has 0 aliphatic carbocycles. The van der Waals surface area contributed by atoms with Gasteiger partial charge in [0.05, 0.1) is 17.9 Å². The molecule has 1 atom stereocenters. The summed E-state index contributed by atoms with van der Waals surface area (Å²) in [7, 11) is 1.82. The fourth-order valence-corrected chi connectivity index (χ4v) is 2.67. The number of carbonyl (C=O) groups excluding carboxylic acids is 1. The van der Waals surface area contributed by atoms with Crippen LogP contribution < -0.4 is 5.32 Å². The fourth-order valence-electron chi connectivity index (χ4n) is 2.67. The van der Waals surface area contributed by atoms with E-state index in [-0.39, 0.29) is 17.7 Å². The summed E-state index contributed by atoms with van der Waals surface area (Å²) in [5.74, 6) is 1.58. The van der Waals surface area contributed by atoms with E-state index in [4.69, 9.17) is 4.42 Å². The molecule has 0 aromatic carbocycles. The molecular weight excluding hydrogens is 270 g/mol. The van der Waals surface area contributed by atoms with Gasteiger partial charge in [0.15, 0.2) is 6.39 Å². The molecule has 1 aliphatic heterocycles. The molecule has 3 rings (SSSR count). The van der Waals surface area contributed by atoms with Crippen molar-refractivity contribution < 1.29 is 9.21 Å². The average molecular weight is 287 g/mol. The van der Waals surface area contributed by atoms with Crippen LogP contribution in [-0.4, -0.2) is 39.4 Å². The van der Waals surface area contributed by atoms with E-state index in [1.165, 1.54) is 12.6 Å². The van der Waals surface area contributed by atoms with Crippen molar-refractivity contribution in [1.29, 1.82) is 0 Å². The second kappa shape index (κ2) is 5.51. The fraction of sp³-hybridized carbons (Fsp3) is 0.429. The molecule has 7 nitrogen and oxygen atoms in total. The zero-order valence-electron chi connectivity index (χ0n) is 12.0. The minimum absolute atomic E-state index is 0.0450. The van der Waals surface area contributed by atoms with Crippen molar-refractivity contribution in [1.82, 2.24) is 19.9 Å². The highest BCUT2D eigenvalue weighted by atomic mass is 16.3. The van der Waals surface area contributed by atoms with Gasteiger partial charge in [0, 0.05) is 19.7 Å². The van der Waals surface area contributed by atoms with Gasteiger partial charge in [-0.1, -0.05) is 0 Å². The number of likely N-dealkylation sites (tertiary alicyclic amines) is 1. The number of carbonyl (C=O) groups is 1. The topological polar surface area (TPSA) is 84.2 Å². The molecule has 0 saturated carbocycles. The van der Waals surface area contributed by atoms with Crippen LogP contribution in [0.25, 0.3) is 0 Å². The first-order valence-electron chi connectivity index (χ1n) is 6.92. The summed E-state index contributed by atoms with van der Waals surface area (Å²) in [6, 6.07) is 1.85. The van der Waals surface area contributed by atoms with Crippen molar-refractivity contribution in [3.8, 4) is 0 Å². The van der Waals surface area contributed by atoms with Gasteiger partial charge >= 0.3 is 0 Å². The van der Waals surface area contributed by atoms with Gasteiger partial charge in [-0.2, -0.15) is 0 Å². The van der Waals surface area contributed by atoms with Gasteiger partial charge in [0.25, 0.3) is 5.91 Å². The predicted molar refractivity (Wildman–Crippen MR) is 75.8 cm³/mol. The Morgan fingerprint density at radius 2 is 2.33 bits per heavy atom. The van der Waals surface area contributed by atoms with E-state index in [1.54, 1.807) is 4.90 Å². The van der Waals surface area contributed by atoms with Crippen LogP contribution in [0.2, 0.25) is 0 Å². The third-order valence-corrected chi connectivity index (χ3v) is 3.61. The maximum atomic E-state index is 12.5. The molecule has 1 saturated heterocycles. The van der Waals surface area contributed by atoms with E-state index in [2.05, 4.69) is 20.3 Å². The molecule has 110 valence electrons. The molecule has 0 spiro atoms. The summed E-state index contributed by atoms with van der Waals surface area (Å²) < 4.78 is 5.11. The zero-order valence-corrected chi connectivity index (χ0v) is 12.0. The van der Waals surface area contributed by atoms with Crippen LogP contribution >= 0.6 is 0 Å². The monoisotopic (exact) mass is 287 g/mol. The lowest BCUT2D eigenvalue weighted by Crippen LogP contribution is -2.31. The van der Waals surface area contributed by atoms with E-state index in [0.717, 1.165) is 24.4 Å². The van der Waals surface area contributed by atoms with Gasteiger partial charge in [0.2, 0.25) is 5.76 Å². The first kappa shape index (κ1) is 13.5. The van der Waals surface area contributed by atoms with Gasteiger partial charge in [-0.25, -0.2) is 15.0 Å². The van der Waals surface area contributed by atoms with Crippen LogP contribution in [0, 0.1) is 6.92 Å². The van der Waals surface area contributed by atoms with Crippen molar-refractivity contribution in [3.63, 3.8) is 0 Å². The Bertz CT molecular complexity index is 641. The maximum Gasteiger partial charge on any atom is 0.291 e. The highest BCUT2D eigenvalue weighted by Crippen LogP contribution is 2.32. The van der Waals surface area contributed by atoms with Crippen molar-refractivity contribution in [2.24, 2.45) is 0 Å². The van der Waals surface area contributed by atoms with E-state index < -0.39 is 0 Å². The second-order valence-electron chi connectivity index (χ2n) is 5.00. The third-order valence-electron chi connectivity index (χ3n) is 3.61. The zero-order chi connectivity index (χ0) is 14.8. The molecule has 21 heavy (non-hydrogen) atoms. The number of nitrogens with zero attached hydrogens (tertiary/aromatic N) is 4. The Hall–Kier alpha value is -2.44. The SMILES string of the molecule is CNc1cc([C@@H]2CCCN2C(=O)c2cnco2)nc(C)n1. The van der Waals surface area contributed by atoms with Gasteiger partial charge in [-0.15, -0.1) is 0 Å². The molecule has 1 aliphatic rings. The average Bonchev–Trinajstić information content (AvgIpc) is 3.17. The van der Waals surface area contributed by atoms with Gasteiger partial charge in [-0.3, -0.25) is 4.79 Å². The number of hydrogen-bond acceptors (Lipinski definition) is 6. The minimum atomic E-state index is -0.141. The molecule has 3 heterocycles. The Labute approximate surface area is 122 Å². The molecule has 1 fully saturated rings. The van der Waals surface area contributed by atoms with Crippen LogP contribution in [0.15, 0.2) is 23.1 Å². The Morgan fingerprint density at radius 1 is 1.48 bits per heavy atom. The lowest BCUT2D eigenvalue weighted by Gasteiger charge is -2.23. The van der Waals surface area contributed by atoms with E-state index >= 15 is 0 Å². The van der Waals surface area contributed by atoms with Gasteiger partial charge in [0.1, 0.15) is 11.6 Å². The standard InChI is InChI=1S/C14H17N5O2/c1-9-17-10(6-13(15-2)18-9)11-4-3-5-19(11)14(20)12-7-16-8-21-12/h6-8,11H,3-5H2,1-2H3,(H,15,17,18)/t11-/m0/s1. The smallest absolute Gasteiger partial charge is 0.291 e. The summed E-state index contributed by atoms with van der Waals surface area (Å²) in [6.07, 6.45) is 4.55. The lowest BCUT2D eigenvalue weighted by molar-refractivity contribution is 0.0700. The van der Waals surface area contributed by atoms with Crippen molar-refractivity contribution >= 4 is 11.7 Å². The van der Waals surface area contributed by atoms with Gasteiger partial charge in [-0.05, 0) is 19.8 Å². The molecule has 2 aromatic rings. The van der Waals surface area contributed by atoms with Crippen molar-refractivity contribution in [2.45, 2.75) is 25.8 Å². The van der Waals surface area contributed by atoms with Crippen LogP contribution in [0.1, 0.15) is 41.0 Å². The predicted octanol–water partition coefficient (Wildman–Crippen LogP) is 1.79. The van der Waals surface area contributed by atoms with Crippen molar-refractivity contribution in [2.75, 3.05) is 18.9 Å². The number of hydrogen-bond donors (Lipinski definition) is 1. The largest absolute Gasteiger partial charge is 0.438 e. The molecule has 1 amide bonds. The highest BCUT2D eigenvalue weighted by Gasteiger charge is 2.33. The Kier molecular flexibility index (Phi) is 3.55. The Balaban J connectivity index is 1.90. The lowest BCUT2D eigenvalue weighted by atomic mass is 10.1. The minimum Gasteiger partial charge on any atom is -0.438 e. The van der Waals surface area contributed by atoms with Crippen LogP contribution in [0.5, 0.6) is 0 Å². The molecule has 0 bridgehead atoms. The molecule has 0 radical (unpaired) electrons. The van der Waals surface area contributed by atoms with E-state index in [0.29, 0.717) is 12.4 Å². The highest BCUT2D eigenvalue weighted by molar-refractivity contribution is 5.91. The van der Waals surface area contributed by atoms with E-state index in [9.17, 15) is 4.79 Å². The van der Waals surface area contributed by atoms with Gasteiger partial charge < -0.3 is 14.6 Å². The summed E-state index contributed by atoms with van der Waals surface area (Å²) in [6.45, 7) is 2.55.